The van der Waals surface area contributed by atoms with Crippen molar-refractivity contribution in [3.8, 4) is 0 Å². The summed E-state index contributed by atoms with van der Waals surface area (Å²) in [6.45, 7) is 7.21. The monoisotopic (exact) mass is 1400 g/mol. The molecule has 0 saturated carbocycles. The molecule has 0 rings (SSSR count). The van der Waals surface area contributed by atoms with Crippen molar-refractivity contribution in [2.75, 3.05) is 39.6 Å². The van der Waals surface area contributed by atoms with Gasteiger partial charge in [-0.3, -0.25) is 37.3 Å². The maximum absolute atomic E-state index is 13.1. The molecule has 0 aliphatic carbocycles. The zero-order valence-electron chi connectivity index (χ0n) is 61.8. The molecule has 0 saturated heterocycles. The van der Waals surface area contributed by atoms with Crippen molar-refractivity contribution < 1.29 is 80.2 Å². The lowest BCUT2D eigenvalue weighted by Gasteiger charge is -2.21. The second kappa shape index (κ2) is 69.2. The predicted molar refractivity (Wildman–Crippen MR) is 386 cm³/mol. The summed E-state index contributed by atoms with van der Waals surface area (Å²) in [4.78, 5) is 72.5. The fourth-order valence-electron chi connectivity index (χ4n) is 11.7. The number of carbonyl (C=O) groups excluding carboxylic acids is 4. The van der Waals surface area contributed by atoms with Crippen LogP contribution in [0.2, 0.25) is 0 Å². The molecule has 17 nitrogen and oxygen atoms in total. The Morgan fingerprint density at radius 2 is 0.484 bits per heavy atom. The van der Waals surface area contributed by atoms with Crippen molar-refractivity contribution in [1.29, 1.82) is 0 Å². The third-order valence-corrected chi connectivity index (χ3v) is 19.7. The Morgan fingerprint density at radius 3 is 0.716 bits per heavy atom. The lowest BCUT2D eigenvalue weighted by Crippen LogP contribution is -2.30. The second-order valence-corrected chi connectivity index (χ2v) is 30.8. The van der Waals surface area contributed by atoms with Gasteiger partial charge in [-0.2, -0.15) is 0 Å². The first-order valence-electron chi connectivity index (χ1n) is 39.6. The first-order chi connectivity index (χ1) is 46.0. The van der Waals surface area contributed by atoms with Crippen molar-refractivity contribution >= 4 is 39.5 Å². The zero-order chi connectivity index (χ0) is 69.8. The number of aliphatic hydroxyl groups excluding tert-OH is 1. The molecule has 5 atom stereocenters. The van der Waals surface area contributed by atoms with Crippen molar-refractivity contribution in [3.63, 3.8) is 0 Å². The van der Waals surface area contributed by atoms with E-state index in [1.165, 1.54) is 218 Å². The van der Waals surface area contributed by atoms with Crippen LogP contribution in [-0.4, -0.2) is 96.7 Å². The van der Waals surface area contributed by atoms with Gasteiger partial charge in [-0.15, -0.1) is 0 Å². The van der Waals surface area contributed by atoms with Gasteiger partial charge in [0.05, 0.1) is 26.4 Å². The SMILES string of the molecule is CCCCCCCCCCCCCCCCCCCCC(=O)OC[C@H](COP(=O)(O)OC[C@@H](O)COP(=O)(O)OC[C@@H](COC(=O)CCCCCCC)OC(=O)CCCCCCCCCCCCCC(C)C)OC(=O)CCCCCCCCCCCCCCCCCCCC. The molecule has 0 radical (unpaired) electrons. The number of hydrogen-bond acceptors (Lipinski definition) is 15. The summed E-state index contributed by atoms with van der Waals surface area (Å²) in [6.07, 6.45) is 58.7. The Bertz CT molecular complexity index is 1820. The first kappa shape index (κ1) is 93.1. The average molecular weight is 1400 g/mol. The molecule has 0 bridgehead atoms. The molecule has 3 N–H and O–H groups in total. The minimum absolute atomic E-state index is 0.106. The molecule has 0 aliphatic heterocycles. The van der Waals surface area contributed by atoms with Crippen LogP contribution in [-0.2, 0) is 65.4 Å². The molecule has 0 aromatic heterocycles. The fourth-order valence-corrected chi connectivity index (χ4v) is 13.3. The molecule has 0 aromatic rings. The van der Waals surface area contributed by atoms with Crippen LogP contribution >= 0.6 is 15.6 Å². The predicted octanol–water partition coefficient (Wildman–Crippen LogP) is 22.5. The molecule has 19 heteroatoms. The summed E-state index contributed by atoms with van der Waals surface area (Å²) in [5.74, 6) is -1.36. The lowest BCUT2D eigenvalue weighted by atomic mass is 10.0. The minimum Gasteiger partial charge on any atom is -0.462 e. The summed E-state index contributed by atoms with van der Waals surface area (Å²) in [6, 6.07) is 0. The van der Waals surface area contributed by atoms with Crippen LogP contribution < -0.4 is 0 Å². The zero-order valence-corrected chi connectivity index (χ0v) is 63.6. The first-order valence-corrected chi connectivity index (χ1v) is 42.6. The normalized spacial score (nSPS) is 13.9. The number of ether oxygens (including phenoxy) is 4. The number of phosphoric acid groups is 2. The van der Waals surface area contributed by atoms with E-state index in [1.54, 1.807) is 0 Å². The standard InChI is InChI=1S/C76H148O17P2/c1-6-9-12-15-17-19-21-23-25-27-29-31-33-37-41-45-50-55-60-74(79)87-66-72(93-76(81)61-56-51-46-42-38-34-32-30-28-26-24-22-20-18-16-13-10-7-2)68-91-95(84,85)89-64-70(77)63-88-94(82,83)90-67-71(65-86-73(78)59-54-48-14-11-8-3)92-75(80)62-57-52-47-43-39-35-36-40-44-49-53-58-69(4)5/h69-72,77H,6-68H2,1-5H3,(H,82,83)(H,84,85)/t70-,71+,72+/m0/s1. The van der Waals surface area contributed by atoms with Crippen molar-refractivity contribution in [3.05, 3.63) is 0 Å². The smallest absolute Gasteiger partial charge is 0.462 e. The van der Waals surface area contributed by atoms with E-state index in [-0.39, 0.29) is 25.7 Å². The summed E-state index contributed by atoms with van der Waals surface area (Å²) in [5, 5.41) is 10.6. The number of carbonyl (C=O) groups is 4. The summed E-state index contributed by atoms with van der Waals surface area (Å²) >= 11 is 0. The molecular formula is C76H148O17P2. The van der Waals surface area contributed by atoms with Gasteiger partial charge in [0.2, 0.25) is 0 Å². The molecule has 2 unspecified atom stereocenters. The van der Waals surface area contributed by atoms with Crippen LogP contribution in [0.15, 0.2) is 0 Å². The Hall–Kier alpha value is -1.94. The number of esters is 4. The van der Waals surface area contributed by atoms with E-state index in [9.17, 15) is 43.2 Å². The van der Waals surface area contributed by atoms with Crippen LogP contribution in [0.5, 0.6) is 0 Å². The second-order valence-electron chi connectivity index (χ2n) is 27.9. The van der Waals surface area contributed by atoms with Crippen molar-refractivity contribution in [1.82, 2.24) is 0 Å². The quantitative estimate of drug-likeness (QED) is 0.0222. The minimum atomic E-state index is -4.95. The number of hydrogen-bond donors (Lipinski definition) is 3. The molecule has 95 heavy (non-hydrogen) atoms. The maximum Gasteiger partial charge on any atom is 0.472 e. The van der Waals surface area contributed by atoms with E-state index in [1.807, 2.05) is 0 Å². The lowest BCUT2D eigenvalue weighted by molar-refractivity contribution is -0.161. The van der Waals surface area contributed by atoms with Crippen LogP contribution in [0.25, 0.3) is 0 Å². The van der Waals surface area contributed by atoms with Gasteiger partial charge in [-0.1, -0.05) is 349 Å². The van der Waals surface area contributed by atoms with Gasteiger partial charge in [0, 0.05) is 25.7 Å². The largest absolute Gasteiger partial charge is 0.472 e. The fraction of sp³-hybridized carbons (Fsp3) is 0.947. The number of phosphoric ester groups is 2. The number of aliphatic hydroxyl groups is 1. The molecule has 0 heterocycles. The maximum atomic E-state index is 13.1. The molecule has 564 valence electrons. The van der Waals surface area contributed by atoms with E-state index >= 15 is 0 Å². The molecule has 0 aliphatic rings. The molecule has 0 fully saturated rings. The van der Waals surface area contributed by atoms with Gasteiger partial charge >= 0.3 is 39.5 Å². The summed E-state index contributed by atoms with van der Waals surface area (Å²) in [7, 11) is -9.90. The van der Waals surface area contributed by atoms with E-state index < -0.39 is 97.5 Å². The van der Waals surface area contributed by atoms with Gasteiger partial charge in [0.25, 0.3) is 0 Å². The topological polar surface area (TPSA) is 237 Å². The molecule has 0 spiro atoms. The van der Waals surface area contributed by atoms with Crippen molar-refractivity contribution in [2.24, 2.45) is 5.92 Å². The van der Waals surface area contributed by atoms with Crippen LogP contribution in [0.4, 0.5) is 0 Å². The highest BCUT2D eigenvalue weighted by molar-refractivity contribution is 7.47. The van der Waals surface area contributed by atoms with E-state index in [2.05, 4.69) is 34.6 Å². The van der Waals surface area contributed by atoms with E-state index in [0.717, 1.165) is 102 Å². The van der Waals surface area contributed by atoms with Crippen LogP contribution in [0.1, 0.15) is 401 Å². The molecule has 0 aromatic carbocycles. The van der Waals surface area contributed by atoms with Crippen LogP contribution in [0, 0.1) is 5.92 Å². The Labute approximate surface area is 581 Å². The van der Waals surface area contributed by atoms with Gasteiger partial charge in [-0.25, -0.2) is 9.13 Å². The highest BCUT2D eigenvalue weighted by Crippen LogP contribution is 2.45. The van der Waals surface area contributed by atoms with E-state index in [0.29, 0.717) is 25.7 Å². The number of unbranched alkanes of at least 4 members (excludes halogenated alkanes) is 48. The summed E-state index contributed by atoms with van der Waals surface area (Å²) < 4.78 is 68.3. The Balaban J connectivity index is 5.14. The van der Waals surface area contributed by atoms with E-state index in [4.69, 9.17) is 37.0 Å². The highest BCUT2D eigenvalue weighted by atomic mass is 31.2. The van der Waals surface area contributed by atoms with Gasteiger partial charge < -0.3 is 33.8 Å². The summed E-state index contributed by atoms with van der Waals surface area (Å²) in [5.41, 5.74) is 0. The van der Waals surface area contributed by atoms with Crippen molar-refractivity contribution in [2.45, 2.75) is 419 Å². The van der Waals surface area contributed by atoms with Crippen LogP contribution in [0.3, 0.4) is 0 Å². The number of rotatable bonds is 76. The Kier molecular flexibility index (Phi) is 67.7. The average Bonchev–Trinajstić information content (AvgIpc) is 3.08. The highest BCUT2D eigenvalue weighted by Gasteiger charge is 2.30. The Morgan fingerprint density at radius 1 is 0.284 bits per heavy atom. The molecular weight excluding hydrogens is 1250 g/mol. The van der Waals surface area contributed by atoms with Gasteiger partial charge in [0.15, 0.2) is 12.2 Å². The molecule has 0 amide bonds. The third-order valence-electron chi connectivity index (χ3n) is 17.8. The van der Waals surface area contributed by atoms with Gasteiger partial charge in [-0.05, 0) is 31.6 Å². The van der Waals surface area contributed by atoms with Gasteiger partial charge in [0.1, 0.15) is 19.3 Å². The third kappa shape index (κ3) is 70.3.